The number of amides is 4. The van der Waals surface area contributed by atoms with E-state index in [-0.39, 0.29) is 23.3 Å². The van der Waals surface area contributed by atoms with Gasteiger partial charge in [0.05, 0.1) is 23.6 Å². The molecule has 0 radical (unpaired) electrons. The monoisotopic (exact) mass is 850 g/mol. The van der Waals surface area contributed by atoms with Crippen LogP contribution in [0.3, 0.4) is 0 Å². The van der Waals surface area contributed by atoms with Gasteiger partial charge in [0.2, 0.25) is 5.91 Å². The zero-order valence-corrected chi connectivity index (χ0v) is 36.5. The van der Waals surface area contributed by atoms with Gasteiger partial charge < -0.3 is 24.6 Å². The number of rotatable bonds is 10. The normalized spacial score (nSPS) is 17.3. The molecule has 3 N–H and O–H groups in total. The van der Waals surface area contributed by atoms with Crippen LogP contribution in [0.1, 0.15) is 80.6 Å². The molecule has 6 aromatic rings. The molecule has 3 fully saturated rings. The Morgan fingerprint density at radius 2 is 1.62 bits per heavy atom. The number of benzene rings is 2. The van der Waals surface area contributed by atoms with Crippen LogP contribution in [0.2, 0.25) is 0 Å². The Morgan fingerprint density at radius 3 is 2.30 bits per heavy atom. The first kappa shape index (κ1) is 41.7. The molecule has 16 nitrogen and oxygen atoms in total. The summed E-state index contributed by atoms with van der Waals surface area (Å²) in [7, 11) is 0. The van der Waals surface area contributed by atoms with Crippen LogP contribution in [0.5, 0.6) is 0 Å². The Kier molecular flexibility index (Phi) is 11.4. The number of piperazine rings is 1. The van der Waals surface area contributed by atoms with Crippen LogP contribution in [-0.4, -0.2) is 105 Å². The van der Waals surface area contributed by atoms with Crippen molar-refractivity contribution in [1.29, 1.82) is 0 Å². The highest BCUT2D eigenvalue weighted by molar-refractivity contribution is 6.05. The number of piperidine rings is 1. The molecule has 0 bridgehead atoms. The Hall–Kier alpha value is -6.68. The molecule has 2 aromatic carbocycles. The fourth-order valence-electron chi connectivity index (χ4n) is 8.88. The number of hydrogen-bond acceptors (Lipinski definition) is 12. The lowest BCUT2D eigenvalue weighted by Crippen LogP contribution is -2.50. The number of aryl methyl sites for hydroxylation is 1. The molecule has 0 spiro atoms. The third-order valence-corrected chi connectivity index (χ3v) is 12.5. The van der Waals surface area contributed by atoms with Crippen molar-refractivity contribution < 1.29 is 18.9 Å². The molecule has 3 aliphatic rings. The number of aromatic nitrogens is 6. The minimum absolute atomic E-state index is 0.0465. The predicted octanol–water partition coefficient (Wildman–Crippen LogP) is 6.65. The fraction of sp³-hybridized carbons (Fsp3) is 0.404. The number of carbonyl (C=O) groups is 3. The number of nitrogens with zero attached hydrogens (tertiary/aromatic N) is 9. The lowest BCUT2D eigenvalue weighted by molar-refractivity contribution is -0.120. The van der Waals surface area contributed by atoms with E-state index in [1.165, 1.54) is 5.69 Å². The third-order valence-electron chi connectivity index (χ3n) is 12.5. The average Bonchev–Trinajstić information content (AvgIpc) is 3.97. The molecule has 3 aliphatic heterocycles. The standard InChI is InChI=1S/C47H54N12O4/c1-29-24-33(8-12-36(29)30(2)51-43(61)44-54-45(55-63-44)47(3,4)5)41-37-25-38(52-42(37)50-28-49-41)32-6-9-34(10-7-32)57-17-14-31(15-18-57)27-56-20-22-58(23-21-56)39-13-11-35(26-48-39)59-19-16-40(60)53-46(59)62/h6-13,24-26,28,30-31H,14-23,27H2,1-5H3,(H,51,61)(H,49,50,52)(H,53,60,62). The Bertz CT molecular complexity index is 2620. The Labute approximate surface area is 366 Å². The molecule has 4 amide bonds. The average molecular weight is 851 g/mol. The van der Waals surface area contributed by atoms with Gasteiger partial charge in [0.15, 0.2) is 5.82 Å². The number of anilines is 3. The summed E-state index contributed by atoms with van der Waals surface area (Å²) >= 11 is 0. The van der Waals surface area contributed by atoms with E-state index in [0.29, 0.717) is 30.4 Å². The second-order valence-corrected chi connectivity index (χ2v) is 18.0. The minimum atomic E-state index is -0.407. The zero-order valence-electron chi connectivity index (χ0n) is 36.5. The van der Waals surface area contributed by atoms with Gasteiger partial charge >= 0.3 is 17.8 Å². The number of pyridine rings is 1. The quantitative estimate of drug-likeness (QED) is 0.134. The van der Waals surface area contributed by atoms with Gasteiger partial charge in [0.25, 0.3) is 0 Å². The van der Waals surface area contributed by atoms with Crippen molar-refractivity contribution in [3.63, 3.8) is 0 Å². The first-order valence-electron chi connectivity index (χ1n) is 21.9. The van der Waals surface area contributed by atoms with E-state index in [2.05, 4.69) is 86.8 Å². The molecule has 0 aliphatic carbocycles. The van der Waals surface area contributed by atoms with Crippen LogP contribution in [-0.2, 0) is 10.2 Å². The van der Waals surface area contributed by atoms with E-state index in [1.54, 1.807) is 17.4 Å². The molecule has 326 valence electrons. The van der Waals surface area contributed by atoms with Crippen molar-refractivity contribution >= 4 is 46.1 Å². The molecule has 1 atom stereocenters. The highest BCUT2D eigenvalue weighted by Gasteiger charge is 2.28. The van der Waals surface area contributed by atoms with Gasteiger partial charge in [-0.3, -0.25) is 24.7 Å². The second-order valence-electron chi connectivity index (χ2n) is 18.0. The number of fused-ring (bicyclic) bond motifs is 1. The van der Waals surface area contributed by atoms with Gasteiger partial charge in [-0.15, -0.1) is 0 Å². The summed E-state index contributed by atoms with van der Waals surface area (Å²) in [4.78, 5) is 67.4. The number of H-pyrrole nitrogens is 1. The summed E-state index contributed by atoms with van der Waals surface area (Å²) in [5.41, 5.74) is 8.26. The van der Waals surface area contributed by atoms with Crippen LogP contribution in [0, 0.1) is 12.8 Å². The molecule has 9 rings (SSSR count). The Morgan fingerprint density at radius 1 is 0.873 bits per heavy atom. The molecular formula is C47H54N12O4. The van der Waals surface area contributed by atoms with Gasteiger partial charge in [-0.05, 0) is 85.7 Å². The number of nitrogens with one attached hydrogen (secondary N) is 3. The van der Waals surface area contributed by atoms with Crippen LogP contribution in [0.15, 0.2) is 77.7 Å². The van der Waals surface area contributed by atoms with Crippen molar-refractivity contribution in [2.45, 2.75) is 65.3 Å². The SMILES string of the molecule is Cc1cc(-c2ncnc3[nH]c(-c4ccc(N5CCC(CN6CCN(c7ccc(N8CCC(=O)NC8=O)cn7)CC6)CC5)cc4)cc23)ccc1C(C)NC(=O)c1nc(C(C)(C)C)no1. The number of carbonyl (C=O) groups excluding carboxylic acids is 3. The summed E-state index contributed by atoms with van der Waals surface area (Å²) < 4.78 is 5.25. The third kappa shape index (κ3) is 8.98. The lowest BCUT2D eigenvalue weighted by Gasteiger charge is -2.39. The zero-order chi connectivity index (χ0) is 43.8. The number of hydrogen-bond donors (Lipinski definition) is 3. The molecule has 0 saturated carbocycles. The summed E-state index contributed by atoms with van der Waals surface area (Å²) in [5, 5.41) is 10.3. The van der Waals surface area contributed by atoms with Crippen molar-refractivity contribution in [2.24, 2.45) is 5.92 Å². The van der Waals surface area contributed by atoms with Crippen molar-refractivity contribution in [3.05, 3.63) is 96.0 Å². The van der Waals surface area contributed by atoms with E-state index in [4.69, 9.17) is 9.51 Å². The number of imide groups is 1. The summed E-state index contributed by atoms with van der Waals surface area (Å²) in [5.74, 6) is 1.38. The lowest BCUT2D eigenvalue weighted by atomic mass is 9.95. The molecular weight excluding hydrogens is 797 g/mol. The highest BCUT2D eigenvalue weighted by atomic mass is 16.5. The van der Waals surface area contributed by atoms with Crippen LogP contribution < -0.4 is 25.3 Å². The van der Waals surface area contributed by atoms with Crippen LogP contribution in [0.4, 0.5) is 22.0 Å². The van der Waals surface area contributed by atoms with E-state index < -0.39 is 11.9 Å². The Balaban J connectivity index is 0.768. The van der Waals surface area contributed by atoms with Crippen molar-refractivity contribution in [3.8, 4) is 22.5 Å². The highest BCUT2D eigenvalue weighted by Crippen LogP contribution is 2.33. The number of urea groups is 1. The molecule has 4 aromatic heterocycles. The van der Waals surface area contributed by atoms with E-state index >= 15 is 0 Å². The fourth-order valence-corrected chi connectivity index (χ4v) is 8.88. The smallest absolute Gasteiger partial charge is 0.328 e. The molecule has 63 heavy (non-hydrogen) atoms. The molecule has 1 unspecified atom stereocenters. The van der Waals surface area contributed by atoms with Gasteiger partial charge in [0, 0.05) is 86.5 Å². The van der Waals surface area contributed by atoms with Gasteiger partial charge in [0.1, 0.15) is 17.8 Å². The van der Waals surface area contributed by atoms with Crippen LogP contribution >= 0.6 is 0 Å². The number of aromatic amines is 1. The summed E-state index contributed by atoms with van der Waals surface area (Å²) in [6.45, 7) is 17.3. The maximum Gasteiger partial charge on any atom is 0.328 e. The largest absolute Gasteiger partial charge is 0.372 e. The predicted molar refractivity (Wildman–Crippen MR) is 242 cm³/mol. The minimum Gasteiger partial charge on any atom is -0.372 e. The first-order valence-corrected chi connectivity index (χ1v) is 21.9. The van der Waals surface area contributed by atoms with Crippen molar-refractivity contribution in [1.82, 2.24) is 45.6 Å². The maximum absolute atomic E-state index is 12.9. The topological polar surface area (TPSA) is 182 Å². The summed E-state index contributed by atoms with van der Waals surface area (Å²) in [6.07, 6.45) is 5.94. The molecule has 3 saturated heterocycles. The van der Waals surface area contributed by atoms with E-state index in [1.807, 2.05) is 58.9 Å². The molecule has 7 heterocycles. The van der Waals surface area contributed by atoms with Gasteiger partial charge in [-0.25, -0.2) is 19.7 Å². The summed E-state index contributed by atoms with van der Waals surface area (Å²) in [6, 6.07) is 20.3. The van der Waals surface area contributed by atoms with Crippen LogP contribution in [0.25, 0.3) is 33.5 Å². The molecule has 16 heteroatoms. The van der Waals surface area contributed by atoms with Crippen molar-refractivity contribution in [2.75, 3.05) is 67.1 Å². The second kappa shape index (κ2) is 17.2. The van der Waals surface area contributed by atoms with E-state index in [9.17, 15) is 14.4 Å². The first-order chi connectivity index (χ1) is 30.4. The van der Waals surface area contributed by atoms with E-state index in [0.717, 1.165) is 109 Å². The van der Waals surface area contributed by atoms with Gasteiger partial charge in [-0.2, -0.15) is 4.98 Å². The van der Waals surface area contributed by atoms with Gasteiger partial charge in [-0.1, -0.05) is 50.2 Å². The maximum atomic E-state index is 12.9.